The summed E-state index contributed by atoms with van der Waals surface area (Å²) in [5.74, 6) is -0.774. The number of amides is 1. The van der Waals surface area contributed by atoms with Crippen LogP contribution in [-0.4, -0.2) is 12.7 Å². The van der Waals surface area contributed by atoms with Crippen molar-refractivity contribution in [1.82, 2.24) is 0 Å². The Bertz CT molecular complexity index is 899. The summed E-state index contributed by atoms with van der Waals surface area (Å²) in [6, 6.07) is 5.47. The van der Waals surface area contributed by atoms with Gasteiger partial charge in [0.25, 0.3) is 0 Å². The molecule has 1 amide bonds. The molecule has 0 aliphatic carbocycles. The van der Waals surface area contributed by atoms with E-state index in [1.54, 1.807) is 32.9 Å². The Labute approximate surface area is 165 Å². The number of carbonyl (C=O) groups is 1. The molecule has 0 bridgehead atoms. The monoisotopic (exact) mass is 413 g/mol. The summed E-state index contributed by atoms with van der Waals surface area (Å²) in [5.41, 5.74) is 0.299. The third-order valence-corrected chi connectivity index (χ3v) is 5.33. The van der Waals surface area contributed by atoms with Crippen molar-refractivity contribution in [2.75, 3.05) is 12.1 Å². The molecule has 0 fully saturated rings. The van der Waals surface area contributed by atoms with E-state index in [-0.39, 0.29) is 18.4 Å². The molecule has 2 aromatic carbocycles. The first-order valence-electron chi connectivity index (χ1n) is 8.16. The van der Waals surface area contributed by atoms with E-state index in [1.807, 2.05) is 0 Å². The third-order valence-electron chi connectivity index (χ3n) is 3.88. The van der Waals surface area contributed by atoms with Gasteiger partial charge < -0.3 is 14.8 Å². The summed E-state index contributed by atoms with van der Waals surface area (Å²) >= 11 is 7.49. The topological polar surface area (TPSA) is 47.6 Å². The molecule has 0 unspecified atom stereocenters. The van der Waals surface area contributed by atoms with E-state index in [4.69, 9.17) is 21.1 Å². The number of rotatable bonds is 4. The Hall–Kier alpha value is -1.99. The molecule has 144 valence electrons. The van der Waals surface area contributed by atoms with Crippen LogP contribution < -0.4 is 14.8 Å². The normalized spacial score (nSPS) is 13.0. The van der Waals surface area contributed by atoms with Gasteiger partial charge in [0.1, 0.15) is 0 Å². The smallest absolute Gasteiger partial charge is 0.231 e. The van der Waals surface area contributed by atoms with E-state index >= 15 is 0 Å². The van der Waals surface area contributed by atoms with E-state index in [9.17, 15) is 13.6 Å². The van der Waals surface area contributed by atoms with Crippen LogP contribution in [0.4, 0.5) is 14.5 Å². The molecular formula is C19H18ClF2NO3S. The molecule has 0 spiro atoms. The Kier molecular flexibility index (Phi) is 5.53. The van der Waals surface area contributed by atoms with E-state index in [0.29, 0.717) is 27.2 Å². The molecule has 1 heterocycles. The molecule has 0 saturated heterocycles. The molecular weight excluding hydrogens is 396 g/mol. The van der Waals surface area contributed by atoms with Crippen LogP contribution in [0.25, 0.3) is 0 Å². The van der Waals surface area contributed by atoms with Gasteiger partial charge in [-0.3, -0.25) is 4.79 Å². The second-order valence-corrected chi connectivity index (χ2v) is 8.48. The molecule has 1 aliphatic heterocycles. The van der Waals surface area contributed by atoms with Crippen molar-refractivity contribution in [3.63, 3.8) is 0 Å². The molecule has 0 aromatic heterocycles. The number of halogens is 3. The van der Waals surface area contributed by atoms with E-state index in [0.717, 1.165) is 17.7 Å². The maximum absolute atomic E-state index is 13.8. The van der Waals surface area contributed by atoms with Crippen LogP contribution in [0.5, 0.6) is 11.5 Å². The fourth-order valence-electron chi connectivity index (χ4n) is 2.28. The Morgan fingerprint density at radius 2 is 1.78 bits per heavy atom. The van der Waals surface area contributed by atoms with Crippen LogP contribution in [0.15, 0.2) is 29.2 Å². The number of anilines is 1. The summed E-state index contributed by atoms with van der Waals surface area (Å²) in [7, 11) is 0. The van der Waals surface area contributed by atoms with Crippen LogP contribution in [-0.2, 0) is 10.5 Å². The zero-order valence-corrected chi connectivity index (χ0v) is 16.6. The van der Waals surface area contributed by atoms with Gasteiger partial charge in [-0.15, -0.1) is 11.8 Å². The van der Waals surface area contributed by atoms with Crippen molar-refractivity contribution >= 4 is 35.0 Å². The fourth-order valence-corrected chi connectivity index (χ4v) is 3.58. The number of hydrogen-bond donors (Lipinski definition) is 1. The molecule has 0 radical (unpaired) electrons. The van der Waals surface area contributed by atoms with Gasteiger partial charge >= 0.3 is 0 Å². The molecule has 0 saturated carbocycles. The quantitative estimate of drug-likeness (QED) is 0.660. The fraction of sp³-hybridized carbons (Fsp3) is 0.316. The standard InChI is InChI=1S/C19H18ClF2NO3S/c1-19(2,3)18(24)23-14-6-12(21)13(22)7-17(14)27-8-10-4-15-16(5-11(10)20)26-9-25-15/h4-7H,8-9H2,1-3H3,(H,23,24). The van der Waals surface area contributed by atoms with Gasteiger partial charge in [-0.2, -0.15) is 0 Å². The van der Waals surface area contributed by atoms with Crippen LogP contribution in [0.1, 0.15) is 26.3 Å². The summed E-state index contributed by atoms with van der Waals surface area (Å²) in [4.78, 5) is 12.7. The highest BCUT2D eigenvalue weighted by atomic mass is 35.5. The number of carbonyl (C=O) groups excluding carboxylic acids is 1. The Balaban J connectivity index is 1.84. The number of fused-ring (bicyclic) bond motifs is 1. The van der Waals surface area contributed by atoms with Crippen molar-refractivity contribution < 1.29 is 23.0 Å². The van der Waals surface area contributed by atoms with Crippen LogP contribution in [0.3, 0.4) is 0 Å². The minimum absolute atomic E-state index is 0.133. The summed E-state index contributed by atoms with van der Waals surface area (Å²) in [6.07, 6.45) is 0. The number of nitrogens with one attached hydrogen (secondary N) is 1. The number of benzene rings is 2. The van der Waals surface area contributed by atoms with Gasteiger partial charge in [-0.1, -0.05) is 32.4 Å². The van der Waals surface area contributed by atoms with Gasteiger partial charge in [-0.05, 0) is 17.7 Å². The molecule has 1 aliphatic rings. The maximum Gasteiger partial charge on any atom is 0.231 e. The predicted octanol–water partition coefficient (Wildman–Crippen LogP) is 5.62. The lowest BCUT2D eigenvalue weighted by Crippen LogP contribution is -2.28. The second-order valence-electron chi connectivity index (χ2n) is 7.05. The minimum Gasteiger partial charge on any atom is -0.454 e. The van der Waals surface area contributed by atoms with Crippen molar-refractivity contribution in [2.24, 2.45) is 5.41 Å². The van der Waals surface area contributed by atoms with Crippen molar-refractivity contribution in [2.45, 2.75) is 31.4 Å². The highest BCUT2D eigenvalue weighted by molar-refractivity contribution is 7.98. The van der Waals surface area contributed by atoms with Gasteiger partial charge in [0, 0.05) is 33.2 Å². The molecule has 3 rings (SSSR count). The number of ether oxygens (including phenoxy) is 2. The first kappa shape index (κ1) is 19.8. The second kappa shape index (κ2) is 7.56. The predicted molar refractivity (Wildman–Crippen MR) is 102 cm³/mol. The van der Waals surface area contributed by atoms with Crippen molar-refractivity contribution in [3.8, 4) is 11.5 Å². The summed E-state index contributed by atoms with van der Waals surface area (Å²) in [6.45, 7) is 5.35. The molecule has 1 N–H and O–H groups in total. The lowest BCUT2D eigenvalue weighted by atomic mass is 9.95. The first-order valence-corrected chi connectivity index (χ1v) is 9.53. The van der Waals surface area contributed by atoms with Gasteiger partial charge in [-0.25, -0.2) is 8.78 Å². The minimum atomic E-state index is -1.02. The molecule has 0 atom stereocenters. The highest BCUT2D eigenvalue weighted by Crippen LogP contribution is 2.40. The highest BCUT2D eigenvalue weighted by Gasteiger charge is 2.23. The number of thioether (sulfide) groups is 1. The zero-order chi connectivity index (χ0) is 19.8. The van der Waals surface area contributed by atoms with Crippen LogP contribution >= 0.6 is 23.4 Å². The van der Waals surface area contributed by atoms with E-state index in [1.165, 1.54) is 11.8 Å². The number of hydrogen-bond acceptors (Lipinski definition) is 4. The molecule has 2 aromatic rings. The largest absolute Gasteiger partial charge is 0.454 e. The zero-order valence-electron chi connectivity index (χ0n) is 15.0. The van der Waals surface area contributed by atoms with Gasteiger partial charge in [0.05, 0.1) is 5.69 Å². The Morgan fingerprint density at radius 3 is 2.44 bits per heavy atom. The average Bonchev–Trinajstić information content (AvgIpc) is 3.02. The molecule has 4 nitrogen and oxygen atoms in total. The van der Waals surface area contributed by atoms with Crippen molar-refractivity contribution in [1.29, 1.82) is 0 Å². The van der Waals surface area contributed by atoms with Crippen molar-refractivity contribution in [3.05, 3.63) is 46.5 Å². The van der Waals surface area contributed by atoms with E-state index in [2.05, 4.69) is 5.32 Å². The van der Waals surface area contributed by atoms with Gasteiger partial charge in [0.2, 0.25) is 12.7 Å². The molecule has 8 heteroatoms. The van der Waals surface area contributed by atoms with Crippen LogP contribution in [0.2, 0.25) is 5.02 Å². The van der Waals surface area contributed by atoms with E-state index < -0.39 is 17.0 Å². The van der Waals surface area contributed by atoms with Gasteiger partial charge in [0.15, 0.2) is 23.1 Å². The lowest BCUT2D eigenvalue weighted by molar-refractivity contribution is -0.123. The average molecular weight is 414 g/mol. The third kappa shape index (κ3) is 4.47. The Morgan fingerprint density at radius 1 is 1.15 bits per heavy atom. The lowest BCUT2D eigenvalue weighted by Gasteiger charge is -2.19. The maximum atomic E-state index is 13.8. The summed E-state index contributed by atoms with van der Waals surface area (Å²) < 4.78 is 38.1. The summed E-state index contributed by atoms with van der Waals surface area (Å²) in [5, 5.41) is 3.15. The molecule has 27 heavy (non-hydrogen) atoms. The first-order chi connectivity index (χ1) is 12.6. The SMILES string of the molecule is CC(C)(C)C(=O)Nc1cc(F)c(F)cc1SCc1cc2c(cc1Cl)OCO2. The van der Waals surface area contributed by atoms with Crippen LogP contribution in [0, 0.1) is 17.0 Å².